The van der Waals surface area contributed by atoms with Gasteiger partial charge in [-0.25, -0.2) is 4.98 Å². The van der Waals surface area contributed by atoms with Crippen LogP contribution in [0.2, 0.25) is 0 Å². The molecule has 3 aromatic heterocycles. The normalized spacial score (nSPS) is 10.9. The molecule has 0 unspecified atom stereocenters. The Morgan fingerprint density at radius 3 is 2.94 bits per heavy atom. The molecule has 0 atom stereocenters. The molecule has 5 nitrogen and oxygen atoms in total. The molecule has 3 aromatic rings. The number of thiophene rings is 1. The van der Waals surface area contributed by atoms with Crippen molar-refractivity contribution >= 4 is 21.6 Å². The number of fused-ring (bicyclic) bond motifs is 1. The zero-order valence-corrected chi connectivity index (χ0v) is 10.1. The van der Waals surface area contributed by atoms with Gasteiger partial charge in [0.05, 0.1) is 12.6 Å². The van der Waals surface area contributed by atoms with Crippen molar-refractivity contribution in [2.75, 3.05) is 7.11 Å². The molecule has 0 bridgehead atoms. The number of aryl methyl sites for hydroxylation is 1. The third-order valence-electron chi connectivity index (χ3n) is 2.32. The van der Waals surface area contributed by atoms with E-state index in [1.54, 1.807) is 24.5 Å². The highest BCUT2D eigenvalue weighted by molar-refractivity contribution is 7.17. The first-order chi connectivity index (χ1) is 8.28. The maximum Gasteiger partial charge on any atom is 0.235 e. The van der Waals surface area contributed by atoms with Gasteiger partial charge < -0.3 is 9.26 Å². The van der Waals surface area contributed by atoms with Gasteiger partial charge in [0.2, 0.25) is 5.88 Å². The van der Waals surface area contributed by atoms with Crippen LogP contribution in [-0.4, -0.2) is 22.2 Å². The summed E-state index contributed by atoms with van der Waals surface area (Å²) in [5, 5.41) is 5.86. The van der Waals surface area contributed by atoms with E-state index in [2.05, 4.69) is 15.1 Å². The Balaban J connectivity index is 2.23. The van der Waals surface area contributed by atoms with Crippen LogP contribution in [0, 0.1) is 6.92 Å². The van der Waals surface area contributed by atoms with Crippen molar-refractivity contribution in [2.24, 2.45) is 0 Å². The minimum absolute atomic E-state index is 0.518. The number of aromatic nitrogens is 3. The fourth-order valence-electron chi connectivity index (χ4n) is 1.56. The van der Waals surface area contributed by atoms with Crippen LogP contribution in [0.25, 0.3) is 21.7 Å². The van der Waals surface area contributed by atoms with Crippen LogP contribution in [0.15, 0.2) is 22.0 Å². The van der Waals surface area contributed by atoms with Gasteiger partial charge in [0.25, 0.3) is 0 Å². The van der Waals surface area contributed by atoms with Crippen molar-refractivity contribution in [3.05, 3.63) is 23.3 Å². The monoisotopic (exact) mass is 247 g/mol. The minimum atomic E-state index is 0.518. The van der Waals surface area contributed by atoms with E-state index in [0.29, 0.717) is 17.4 Å². The molecule has 17 heavy (non-hydrogen) atoms. The topological polar surface area (TPSA) is 61.0 Å². The van der Waals surface area contributed by atoms with Crippen LogP contribution >= 0.6 is 11.3 Å². The van der Waals surface area contributed by atoms with Crippen molar-refractivity contribution in [2.45, 2.75) is 6.92 Å². The van der Waals surface area contributed by atoms with Crippen LogP contribution in [0.5, 0.6) is 5.88 Å². The third-order valence-corrected chi connectivity index (χ3v) is 3.21. The summed E-state index contributed by atoms with van der Waals surface area (Å²) in [6.07, 6.45) is 0. The summed E-state index contributed by atoms with van der Waals surface area (Å²) in [5.74, 6) is 1.82. The molecule has 0 fully saturated rings. The van der Waals surface area contributed by atoms with E-state index in [1.807, 2.05) is 18.4 Å². The third kappa shape index (κ3) is 1.66. The number of hydrogen-bond donors (Lipinski definition) is 0. The first-order valence-corrected chi connectivity index (χ1v) is 5.89. The second-order valence-electron chi connectivity index (χ2n) is 3.51. The number of hydrogen-bond acceptors (Lipinski definition) is 6. The van der Waals surface area contributed by atoms with Gasteiger partial charge in [-0.2, -0.15) is 4.98 Å². The summed E-state index contributed by atoms with van der Waals surface area (Å²) in [6, 6.07) is 3.73. The summed E-state index contributed by atoms with van der Waals surface area (Å²) in [4.78, 5) is 8.75. The molecule has 86 valence electrons. The predicted molar refractivity (Wildman–Crippen MR) is 64.2 cm³/mol. The fraction of sp³-hybridized carbons (Fsp3) is 0.182. The Kier molecular flexibility index (Phi) is 2.29. The minimum Gasteiger partial charge on any atom is -0.480 e. The van der Waals surface area contributed by atoms with Gasteiger partial charge in [0, 0.05) is 6.07 Å². The summed E-state index contributed by atoms with van der Waals surface area (Å²) < 4.78 is 11.2. The number of nitrogens with zero attached hydrogens (tertiary/aromatic N) is 3. The average molecular weight is 247 g/mol. The average Bonchev–Trinajstić information content (AvgIpc) is 2.95. The molecule has 3 heterocycles. The Bertz CT molecular complexity index is 674. The van der Waals surface area contributed by atoms with E-state index in [4.69, 9.17) is 9.26 Å². The standard InChI is InChI=1S/C11H9N3O2S/c1-6-5-8(14-16-6)10-12-7-3-4-17-9(7)11(13-10)15-2/h3-5H,1-2H3. The molecule has 0 spiro atoms. The van der Waals surface area contributed by atoms with Gasteiger partial charge in [0.15, 0.2) is 11.5 Å². The SMILES string of the molecule is COc1nc(-c2cc(C)on2)nc2ccsc12. The molecule has 0 aliphatic rings. The molecule has 0 aromatic carbocycles. The molecule has 3 rings (SSSR count). The zero-order valence-electron chi connectivity index (χ0n) is 9.30. The molecule has 0 aliphatic carbocycles. The summed E-state index contributed by atoms with van der Waals surface area (Å²) in [5.41, 5.74) is 1.48. The van der Waals surface area contributed by atoms with Crippen LogP contribution in [-0.2, 0) is 0 Å². The number of methoxy groups -OCH3 is 1. The van der Waals surface area contributed by atoms with E-state index in [-0.39, 0.29) is 0 Å². The van der Waals surface area contributed by atoms with Gasteiger partial charge in [0.1, 0.15) is 10.5 Å². The largest absolute Gasteiger partial charge is 0.480 e. The Hall–Kier alpha value is -1.95. The highest BCUT2D eigenvalue weighted by atomic mass is 32.1. The summed E-state index contributed by atoms with van der Waals surface area (Å²) in [6.45, 7) is 1.83. The zero-order chi connectivity index (χ0) is 11.8. The number of ether oxygens (including phenoxy) is 1. The molecular weight excluding hydrogens is 238 g/mol. The van der Waals surface area contributed by atoms with E-state index < -0.39 is 0 Å². The molecule has 6 heteroatoms. The molecule has 0 N–H and O–H groups in total. The molecule has 0 aliphatic heterocycles. The second kappa shape index (κ2) is 3.81. The van der Waals surface area contributed by atoms with Gasteiger partial charge >= 0.3 is 0 Å². The highest BCUT2D eigenvalue weighted by Gasteiger charge is 2.13. The Morgan fingerprint density at radius 1 is 1.35 bits per heavy atom. The van der Waals surface area contributed by atoms with Crippen molar-refractivity contribution in [1.82, 2.24) is 15.1 Å². The van der Waals surface area contributed by atoms with Crippen molar-refractivity contribution in [1.29, 1.82) is 0 Å². The van der Waals surface area contributed by atoms with Gasteiger partial charge in [-0.05, 0) is 18.4 Å². The summed E-state index contributed by atoms with van der Waals surface area (Å²) >= 11 is 1.55. The van der Waals surface area contributed by atoms with Crippen LogP contribution in [0.4, 0.5) is 0 Å². The van der Waals surface area contributed by atoms with Gasteiger partial charge in [-0.3, -0.25) is 0 Å². The first kappa shape index (κ1) is 10.2. The smallest absolute Gasteiger partial charge is 0.235 e. The number of rotatable bonds is 2. The van der Waals surface area contributed by atoms with E-state index in [0.717, 1.165) is 16.0 Å². The highest BCUT2D eigenvalue weighted by Crippen LogP contribution is 2.29. The van der Waals surface area contributed by atoms with Crippen LogP contribution in [0.1, 0.15) is 5.76 Å². The van der Waals surface area contributed by atoms with Crippen molar-refractivity contribution in [3.63, 3.8) is 0 Å². The van der Waals surface area contributed by atoms with Crippen molar-refractivity contribution in [3.8, 4) is 17.4 Å². The maximum atomic E-state index is 5.26. The van der Waals surface area contributed by atoms with Crippen molar-refractivity contribution < 1.29 is 9.26 Å². The van der Waals surface area contributed by atoms with Gasteiger partial charge in [-0.15, -0.1) is 11.3 Å². The molecule has 0 saturated heterocycles. The molecule has 0 amide bonds. The molecular formula is C11H9N3O2S. The first-order valence-electron chi connectivity index (χ1n) is 5.01. The lowest BCUT2D eigenvalue weighted by Crippen LogP contribution is -1.94. The Labute approximate surface area is 101 Å². The molecule has 0 radical (unpaired) electrons. The second-order valence-corrected chi connectivity index (χ2v) is 4.43. The lowest BCUT2D eigenvalue weighted by atomic mass is 10.3. The van der Waals surface area contributed by atoms with E-state index in [9.17, 15) is 0 Å². The van der Waals surface area contributed by atoms with Crippen LogP contribution in [0.3, 0.4) is 0 Å². The lowest BCUT2D eigenvalue weighted by Gasteiger charge is -2.01. The summed E-state index contributed by atoms with van der Waals surface area (Å²) in [7, 11) is 1.60. The van der Waals surface area contributed by atoms with E-state index in [1.165, 1.54) is 0 Å². The van der Waals surface area contributed by atoms with Gasteiger partial charge in [-0.1, -0.05) is 5.16 Å². The lowest BCUT2D eigenvalue weighted by molar-refractivity contribution is 0.397. The van der Waals surface area contributed by atoms with Crippen LogP contribution < -0.4 is 4.74 Å². The quantitative estimate of drug-likeness (QED) is 0.696. The predicted octanol–water partition coefficient (Wildman–Crippen LogP) is 2.66. The van der Waals surface area contributed by atoms with E-state index >= 15 is 0 Å². The Morgan fingerprint density at radius 2 is 2.24 bits per heavy atom. The molecule has 0 saturated carbocycles. The fourth-order valence-corrected chi connectivity index (χ4v) is 2.36. The maximum absolute atomic E-state index is 5.26.